The summed E-state index contributed by atoms with van der Waals surface area (Å²) in [5, 5.41) is 7.54. The summed E-state index contributed by atoms with van der Waals surface area (Å²) in [5.41, 5.74) is 2.13. The van der Waals surface area contributed by atoms with Crippen molar-refractivity contribution in [2.45, 2.75) is 52.0 Å². The molecule has 0 bridgehead atoms. The fourth-order valence-electron chi connectivity index (χ4n) is 4.13. The van der Waals surface area contributed by atoms with Crippen LogP contribution in [0.1, 0.15) is 43.4 Å². The Morgan fingerprint density at radius 2 is 1.96 bits per heavy atom. The van der Waals surface area contributed by atoms with Gasteiger partial charge in [-0.15, -0.1) is 0 Å². The van der Waals surface area contributed by atoms with Crippen molar-refractivity contribution in [2.75, 3.05) is 31.2 Å². The third kappa shape index (κ3) is 3.90. The Balaban J connectivity index is 1.36. The Labute approximate surface area is 159 Å². The fraction of sp³-hybridized carbons (Fsp3) is 0.684. The van der Waals surface area contributed by atoms with E-state index in [1.807, 2.05) is 11.4 Å². The van der Waals surface area contributed by atoms with E-state index in [1.165, 1.54) is 0 Å². The van der Waals surface area contributed by atoms with Crippen LogP contribution in [-0.4, -0.2) is 57.8 Å². The van der Waals surface area contributed by atoms with Crippen molar-refractivity contribution in [3.63, 3.8) is 0 Å². The molecule has 0 spiro atoms. The molecule has 2 aliphatic rings. The van der Waals surface area contributed by atoms with Crippen LogP contribution in [0.15, 0.2) is 6.33 Å². The van der Waals surface area contributed by atoms with Crippen LogP contribution in [0.4, 0.5) is 5.82 Å². The van der Waals surface area contributed by atoms with E-state index in [0.717, 1.165) is 69.1 Å². The predicted molar refractivity (Wildman–Crippen MR) is 102 cm³/mol. The van der Waals surface area contributed by atoms with Crippen LogP contribution in [0, 0.1) is 19.8 Å². The molecule has 8 heteroatoms. The number of carbonyl (C=O) groups excluding carboxylic acids is 1. The van der Waals surface area contributed by atoms with Crippen LogP contribution >= 0.6 is 0 Å². The molecule has 2 aromatic heterocycles. The van der Waals surface area contributed by atoms with Gasteiger partial charge in [0.2, 0.25) is 5.91 Å². The Hall–Kier alpha value is -2.22. The van der Waals surface area contributed by atoms with Gasteiger partial charge >= 0.3 is 0 Å². The van der Waals surface area contributed by atoms with Gasteiger partial charge in [-0.1, -0.05) is 0 Å². The van der Waals surface area contributed by atoms with Gasteiger partial charge in [0, 0.05) is 50.0 Å². The number of fused-ring (bicyclic) bond motifs is 1. The van der Waals surface area contributed by atoms with Gasteiger partial charge in [0.1, 0.15) is 12.1 Å². The lowest BCUT2D eigenvalue weighted by Gasteiger charge is -2.34. The van der Waals surface area contributed by atoms with E-state index in [1.54, 1.807) is 6.33 Å². The molecule has 0 atom stereocenters. The highest BCUT2D eigenvalue weighted by Crippen LogP contribution is 2.28. The van der Waals surface area contributed by atoms with E-state index in [9.17, 15) is 4.79 Å². The number of ether oxygens (including phenoxy) is 1. The van der Waals surface area contributed by atoms with Crippen LogP contribution in [0.2, 0.25) is 0 Å². The fourth-order valence-corrected chi connectivity index (χ4v) is 4.13. The SMILES string of the molecule is Cc1nc2ncnn2c(N2CCC(CC(=O)NC3CCOCC3)CC2)c1C. The topological polar surface area (TPSA) is 84.7 Å². The second-order valence-corrected chi connectivity index (χ2v) is 7.71. The minimum atomic E-state index is 0.190. The highest BCUT2D eigenvalue weighted by Gasteiger charge is 2.26. The molecule has 146 valence electrons. The third-order valence-electron chi connectivity index (χ3n) is 5.85. The summed E-state index contributed by atoms with van der Waals surface area (Å²) >= 11 is 0. The largest absolute Gasteiger partial charge is 0.381 e. The number of aromatic nitrogens is 4. The van der Waals surface area contributed by atoms with Gasteiger partial charge in [-0.05, 0) is 45.4 Å². The number of hydrogen-bond donors (Lipinski definition) is 1. The Morgan fingerprint density at radius 3 is 2.70 bits per heavy atom. The molecule has 1 amide bonds. The van der Waals surface area contributed by atoms with Gasteiger partial charge in [-0.3, -0.25) is 4.79 Å². The van der Waals surface area contributed by atoms with Crippen molar-refractivity contribution in [2.24, 2.45) is 5.92 Å². The number of piperidine rings is 1. The maximum Gasteiger partial charge on any atom is 0.254 e. The van der Waals surface area contributed by atoms with Crippen LogP contribution in [-0.2, 0) is 9.53 Å². The monoisotopic (exact) mass is 372 g/mol. The Kier molecular flexibility index (Phi) is 5.24. The summed E-state index contributed by atoms with van der Waals surface area (Å²) < 4.78 is 7.19. The van der Waals surface area contributed by atoms with Gasteiger partial charge in [0.15, 0.2) is 0 Å². The van der Waals surface area contributed by atoms with E-state index in [0.29, 0.717) is 18.1 Å². The summed E-state index contributed by atoms with van der Waals surface area (Å²) in [7, 11) is 0. The summed E-state index contributed by atoms with van der Waals surface area (Å²) in [6, 6.07) is 0.286. The lowest BCUT2D eigenvalue weighted by molar-refractivity contribution is -0.123. The van der Waals surface area contributed by atoms with Crippen molar-refractivity contribution in [3.8, 4) is 0 Å². The molecule has 8 nitrogen and oxygen atoms in total. The van der Waals surface area contributed by atoms with Crippen LogP contribution in [0.25, 0.3) is 5.78 Å². The molecule has 0 aromatic carbocycles. The van der Waals surface area contributed by atoms with Crippen molar-refractivity contribution in [1.82, 2.24) is 24.9 Å². The molecule has 2 aliphatic heterocycles. The molecule has 27 heavy (non-hydrogen) atoms. The average molecular weight is 372 g/mol. The van der Waals surface area contributed by atoms with Crippen molar-refractivity contribution >= 4 is 17.5 Å². The maximum absolute atomic E-state index is 12.4. The minimum absolute atomic E-state index is 0.190. The number of carbonyl (C=O) groups is 1. The molecule has 0 aliphatic carbocycles. The van der Waals surface area contributed by atoms with Gasteiger partial charge in [-0.25, -0.2) is 4.98 Å². The van der Waals surface area contributed by atoms with E-state index < -0.39 is 0 Å². The quantitative estimate of drug-likeness (QED) is 0.878. The second kappa shape index (κ2) is 7.80. The summed E-state index contributed by atoms with van der Waals surface area (Å²) in [6.07, 6.45) is 6.06. The second-order valence-electron chi connectivity index (χ2n) is 7.71. The summed E-state index contributed by atoms with van der Waals surface area (Å²) in [6.45, 7) is 7.46. The first-order chi connectivity index (χ1) is 13.1. The number of rotatable bonds is 4. The first kappa shape index (κ1) is 18.2. The van der Waals surface area contributed by atoms with Crippen LogP contribution < -0.4 is 10.2 Å². The van der Waals surface area contributed by atoms with E-state index >= 15 is 0 Å². The van der Waals surface area contributed by atoms with Crippen LogP contribution in [0.5, 0.6) is 0 Å². The predicted octanol–water partition coefficient (Wildman–Crippen LogP) is 1.64. The number of nitrogens with zero attached hydrogens (tertiary/aromatic N) is 5. The molecule has 1 N–H and O–H groups in total. The first-order valence-electron chi connectivity index (χ1n) is 9.91. The van der Waals surface area contributed by atoms with Gasteiger partial charge in [-0.2, -0.15) is 14.6 Å². The lowest BCUT2D eigenvalue weighted by Crippen LogP contribution is -2.41. The van der Waals surface area contributed by atoms with Crippen molar-refractivity contribution in [3.05, 3.63) is 17.6 Å². The third-order valence-corrected chi connectivity index (χ3v) is 5.85. The zero-order chi connectivity index (χ0) is 18.8. The first-order valence-corrected chi connectivity index (χ1v) is 9.91. The normalized spacial score (nSPS) is 19.6. The van der Waals surface area contributed by atoms with E-state index in [2.05, 4.69) is 32.2 Å². The summed E-state index contributed by atoms with van der Waals surface area (Å²) in [4.78, 5) is 23.5. The molecule has 2 aromatic rings. The molecule has 2 saturated heterocycles. The smallest absolute Gasteiger partial charge is 0.254 e. The molecule has 0 radical (unpaired) electrons. The Bertz CT molecular complexity index is 806. The van der Waals surface area contributed by atoms with Crippen LogP contribution in [0.3, 0.4) is 0 Å². The zero-order valence-electron chi connectivity index (χ0n) is 16.1. The number of amides is 1. The molecular weight excluding hydrogens is 344 g/mol. The number of nitrogens with one attached hydrogen (secondary N) is 1. The highest BCUT2D eigenvalue weighted by atomic mass is 16.5. The molecule has 4 rings (SSSR count). The van der Waals surface area contributed by atoms with Crippen molar-refractivity contribution < 1.29 is 9.53 Å². The standard InChI is InChI=1S/C19H28N6O2/c1-13-14(2)22-19-20-12-21-25(19)18(13)24-7-3-15(4-8-24)11-17(26)23-16-5-9-27-10-6-16/h12,15-16H,3-11H2,1-2H3,(H,23,26). The number of aryl methyl sites for hydroxylation is 1. The summed E-state index contributed by atoms with van der Waals surface area (Å²) in [5.74, 6) is 2.36. The molecule has 0 saturated carbocycles. The Morgan fingerprint density at radius 1 is 1.22 bits per heavy atom. The highest BCUT2D eigenvalue weighted by molar-refractivity contribution is 5.76. The van der Waals surface area contributed by atoms with Gasteiger partial charge in [0.05, 0.1) is 0 Å². The van der Waals surface area contributed by atoms with Gasteiger partial charge in [0.25, 0.3) is 5.78 Å². The molecule has 0 unspecified atom stereocenters. The average Bonchev–Trinajstić information content (AvgIpc) is 3.12. The minimum Gasteiger partial charge on any atom is -0.381 e. The molecular formula is C19H28N6O2. The number of anilines is 1. The van der Waals surface area contributed by atoms with Gasteiger partial charge < -0.3 is 15.0 Å². The van der Waals surface area contributed by atoms with E-state index in [4.69, 9.17) is 4.74 Å². The number of hydrogen-bond acceptors (Lipinski definition) is 6. The zero-order valence-corrected chi connectivity index (χ0v) is 16.1. The molecule has 2 fully saturated rings. The lowest BCUT2D eigenvalue weighted by atomic mass is 9.92. The van der Waals surface area contributed by atoms with Crippen molar-refractivity contribution in [1.29, 1.82) is 0 Å². The molecule has 4 heterocycles. The van der Waals surface area contributed by atoms with E-state index in [-0.39, 0.29) is 11.9 Å². The maximum atomic E-state index is 12.4.